The van der Waals surface area contributed by atoms with E-state index in [1.165, 1.54) is 5.56 Å². The maximum atomic E-state index is 10.1. The van der Waals surface area contributed by atoms with Crippen LogP contribution in [0.2, 0.25) is 0 Å². The molecule has 0 radical (unpaired) electrons. The predicted molar refractivity (Wildman–Crippen MR) is 75.6 cm³/mol. The van der Waals surface area contributed by atoms with Crippen molar-refractivity contribution in [2.45, 2.75) is 39.7 Å². The number of pyridine rings is 1. The summed E-state index contributed by atoms with van der Waals surface area (Å²) in [4.78, 5) is 4.52. The Balaban J connectivity index is 2.32. The molecule has 0 fully saturated rings. The third-order valence-corrected chi connectivity index (χ3v) is 3.13. The van der Waals surface area contributed by atoms with Crippen LogP contribution in [-0.4, -0.2) is 16.2 Å². The molecule has 0 saturated heterocycles. The normalized spacial score (nSPS) is 13.2. The van der Waals surface area contributed by atoms with Crippen LogP contribution in [0.5, 0.6) is 0 Å². The third-order valence-electron chi connectivity index (χ3n) is 3.13. The average molecular weight is 243 g/mol. The van der Waals surface area contributed by atoms with Gasteiger partial charge in [-0.25, -0.2) is 0 Å². The molecular formula is C16H21NO. The number of benzene rings is 1. The van der Waals surface area contributed by atoms with Gasteiger partial charge in [-0.2, -0.15) is 0 Å². The topological polar surface area (TPSA) is 33.1 Å². The molecule has 2 heteroatoms. The molecule has 0 amide bonds. The summed E-state index contributed by atoms with van der Waals surface area (Å²) in [5.41, 5.74) is 3.23. The Kier molecular flexibility index (Phi) is 3.97. The zero-order valence-corrected chi connectivity index (χ0v) is 11.4. The first-order chi connectivity index (χ1) is 8.56. The molecule has 2 rings (SSSR count). The van der Waals surface area contributed by atoms with Crippen molar-refractivity contribution in [2.24, 2.45) is 5.92 Å². The van der Waals surface area contributed by atoms with Crippen LogP contribution in [-0.2, 0) is 6.42 Å². The molecule has 0 aliphatic heterocycles. The van der Waals surface area contributed by atoms with Crippen LogP contribution in [0.15, 0.2) is 30.3 Å². The summed E-state index contributed by atoms with van der Waals surface area (Å²) in [5, 5.41) is 11.3. The van der Waals surface area contributed by atoms with Crippen molar-refractivity contribution in [1.29, 1.82) is 0 Å². The van der Waals surface area contributed by atoms with E-state index < -0.39 is 0 Å². The standard InChI is InChI=1S/C16H21NO/c1-11(2)8-14(18)10-13-9-12(3)17-16-7-5-4-6-15(13)16/h4-7,9,11,14,18H,8,10H2,1-3H3. The van der Waals surface area contributed by atoms with Gasteiger partial charge < -0.3 is 5.11 Å². The quantitative estimate of drug-likeness (QED) is 0.891. The molecular weight excluding hydrogens is 222 g/mol. The second-order valence-corrected chi connectivity index (χ2v) is 5.43. The Morgan fingerprint density at radius 2 is 1.94 bits per heavy atom. The van der Waals surface area contributed by atoms with Gasteiger partial charge in [0.25, 0.3) is 0 Å². The lowest BCUT2D eigenvalue weighted by Crippen LogP contribution is -2.13. The van der Waals surface area contributed by atoms with Crippen LogP contribution in [0.1, 0.15) is 31.5 Å². The summed E-state index contributed by atoms with van der Waals surface area (Å²) in [6.45, 7) is 6.28. The fourth-order valence-corrected chi connectivity index (χ4v) is 2.45. The first-order valence-electron chi connectivity index (χ1n) is 6.59. The highest BCUT2D eigenvalue weighted by Gasteiger charge is 2.11. The molecule has 1 heterocycles. The maximum absolute atomic E-state index is 10.1. The van der Waals surface area contributed by atoms with E-state index in [4.69, 9.17) is 0 Å². The third kappa shape index (κ3) is 3.08. The summed E-state index contributed by atoms with van der Waals surface area (Å²) in [6.07, 6.45) is 1.28. The van der Waals surface area contributed by atoms with Crippen molar-refractivity contribution in [3.63, 3.8) is 0 Å². The molecule has 2 nitrogen and oxygen atoms in total. The first-order valence-corrected chi connectivity index (χ1v) is 6.59. The number of aryl methyl sites for hydroxylation is 1. The molecule has 1 aromatic carbocycles. The molecule has 18 heavy (non-hydrogen) atoms. The van der Waals surface area contributed by atoms with Gasteiger partial charge in [-0.15, -0.1) is 0 Å². The van der Waals surface area contributed by atoms with Crippen molar-refractivity contribution < 1.29 is 5.11 Å². The van der Waals surface area contributed by atoms with Crippen LogP contribution in [0, 0.1) is 12.8 Å². The minimum absolute atomic E-state index is 0.268. The lowest BCUT2D eigenvalue weighted by molar-refractivity contribution is 0.149. The summed E-state index contributed by atoms with van der Waals surface area (Å²) < 4.78 is 0. The molecule has 1 aromatic heterocycles. The number of fused-ring (bicyclic) bond motifs is 1. The molecule has 0 bridgehead atoms. The Morgan fingerprint density at radius 3 is 2.67 bits per heavy atom. The minimum atomic E-state index is -0.268. The van der Waals surface area contributed by atoms with Crippen LogP contribution >= 0.6 is 0 Å². The van der Waals surface area contributed by atoms with Gasteiger partial charge in [-0.3, -0.25) is 4.98 Å². The molecule has 1 unspecified atom stereocenters. The van der Waals surface area contributed by atoms with E-state index in [1.54, 1.807) is 0 Å². The zero-order valence-electron chi connectivity index (χ0n) is 11.4. The van der Waals surface area contributed by atoms with Crippen molar-refractivity contribution >= 4 is 10.9 Å². The molecule has 0 spiro atoms. The number of aliphatic hydroxyl groups excluding tert-OH is 1. The Hall–Kier alpha value is -1.41. The van der Waals surface area contributed by atoms with Gasteiger partial charge in [0.15, 0.2) is 0 Å². The van der Waals surface area contributed by atoms with E-state index in [0.717, 1.165) is 23.0 Å². The highest BCUT2D eigenvalue weighted by atomic mass is 16.3. The van der Waals surface area contributed by atoms with Crippen molar-refractivity contribution in [3.8, 4) is 0 Å². The van der Waals surface area contributed by atoms with Crippen LogP contribution in [0.25, 0.3) is 10.9 Å². The van der Waals surface area contributed by atoms with Gasteiger partial charge >= 0.3 is 0 Å². The minimum Gasteiger partial charge on any atom is -0.393 e. The summed E-state index contributed by atoms with van der Waals surface area (Å²) in [7, 11) is 0. The van der Waals surface area contributed by atoms with Gasteiger partial charge in [0.2, 0.25) is 0 Å². The van der Waals surface area contributed by atoms with E-state index >= 15 is 0 Å². The molecule has 1 atom stereocenters. The summed E-state index contributed by atoms with van der Waals surface area (Å²) in [5.74, 6) is 0.522. The predicted octanol–water partition coefficient (Wildman–Crippen LogP) is 3.49. The molecule has 1 N–H and O–H groups in total. The van der Waals surface area contributed by atoms with Gasteiger partial charge in [0.1, 0.15) is 0 Å². The maximum Gasteiger partial charge on any atom is 0.0707 e. The smallest absolute Gasteiger partial charge is 0.0707 e. The van der Waals surface area contributed by atoms with Crippen LogP contribution < -0.4 is 0 Å². The molecule has 0 aliphatic rings. The number of rotatable bonds is 4. The Morgan fingerprint density at radius 1 is 1.22 bits per heavy atom. The Bertz CT molecular complexity index is 534. The molecule has 2 aromatic rings. The van der Waals surface area contributed by atoms with Crippen molar-refractivity contribution in [2.75, 3.05) is 0 Å². The van der Waals surface area contributed by atoms with Crippen molar-refractivity contribution in [1.82, 2.24) is 4.98 Å². The van der Waals surface area contributed by atoms with E-state index in [-0.39, 0.29) is 6.10 Å². The average Bonchev–Trinajstić information content (AvgIpc) is 2.27. The SMILES string of the molecule is Cc1cc(CC(O)CC(C)C)c2ccccc2n1. The van der Waals surface area contributed by atoms with E-state index in [9.17, 15) is 5.11 Å². The lowest BCUT2D eigenvalue weighted by atomic mass is 9.97. The second kappa shape index (κ2) is 5.49. The van der Waals surface area contributed by atoms with E-state index in [1.807, 2.05) is 25.1 Å². The summed E-state index contributed by atoms with van der Waals surface area (Å²) in [6, 6.07) is 10.2. The van der Waals surface area contributed by atoms with E-state index in [0.29, 0.717) is 12.3 Å². The first kappa shape index (κ1) is 13.0. The van der Waals surface area contributed by atoms with Gasteiger partial charge in [0, 0.05) is 11.1 Å². The van der Waals surface area contributed by atoms with Gasteiger partial charge in [0.05, 0.1) is 11.6 Å². The number of hydrogen-bond acceptors (Lipinski definition) is 2. The molecule has 0 saturated carbocycles. The number of aromatic nitrogens is 1. The Labute approximate surface area is 109 Å². The fourth-order valence-electron chi connectivity index (χ4n) is 2.45. The highest BCUT2D eigenvalue weighted by Crippen LogP contribution is 2.21. The monoisotopic (exact) mass is 243 g/mol. The van der Waals surface area contributed by atoms with Gasteiger partial charge in [-0.05, 0) is 43.4 Å². The number of aliphatic hydroxyl groups is 1. The molecule has 0 aliphatic carbocycles. The second-order valence-electron chi connectivity index (χ2n) is 5.43. The number of nitrogens with zero attached hydrogens (tertiary/aromatic N) is 1. The summed E-state index contributed by atoms with van der Waals surface area (Å²) >= 11 is 0. The number of hydrogen-bond donors (Lipinski definition) is 1. The number of para-hydroxylation sites is 1. The largest absolute Gasteiger partial charge is 0.393 e. The van der Waals surface area contributed by atoms with Gasteiger partial charge in [-0.1, -0.05) is 32.0 Å². The lowest BCUT2D eigenvalue weighted by Gasteiger charge is -2.15. The van der Waals surface area contributed by atoms with Crippen LogP contribution in [0.3, 0.4) is 0 Å². The van der Waals surface area contributed by atoms with E-state index in [2.05, 4.69) is 31.0 Å². The highest BCUT2D eigenvalue weighted by molar-refractivity contribution is 5.82. The molecule has 96 valence electrons. The zero-order chi connectivity index (χ0) is 13.1. The fraction of sp³-hybridized carbons (Fsp3) is 0.438. The van der Waals surface area contributed by atoms with Crippen molar-refractivity contribution in [3.05, 3.63) is 41.6 Å². The van der Waals surface area contributed by atoms with Crippen LogP contribution in [0.4, 0.5) is 0 Å².